The molecule has 27 heavy (non-hydrogen) atoms. The minimum atomic E-state index is -0.445. The molecule has 1 fully saturated rings. The van der Waals surface area contributed by atoms with Crippen LogP contribution in [0, 0.1) is 0 Å². The first-order valence-corrected chi connectivity index (χ1v) is 9.15. The molecule has 0 saturated carbocycles. The number of epoxide rings is 1. The number of benzene rings is 2. The monoisotopic (exact) mass is 366 g/mol. The number of carbonyl (C=O) groups is 1. The summed E-state index contributed by atoms with van der Waals surface area (Å²) in [6.07, 6.45) is 7.26. The molecule has 1 atom stereocenters. The first-order valence-electron chi connectivity index (χ1n) is 9.15. The maximum Gasteiger partial charge on any atom is 0.330 e. The van der Waals surface area contributed by atoms with Gasteiger partial charge < -0.3 is 18.9 Å². The predicted octanol–water partition coefficient (Wildman–Crippen LogP) is 3.38. The number of allylic oxidation sites excluding steroid dienone is 2. The van der Waals surface area contributed by atoms with Crippen LogP contribution in [0.4, 0.5) is 0 Å². The van der Waals surface area contributed by atoms with Gasteiger partial charge in [-0.05, 0) is 12.8 Å². The van der Waals surface area contributed by atoms with Crippen molar-refractivity contribution in [3.05, 3.63) is 60.2 Å². The van der Waals surface area contributed by atoms with Crippen LogP contribution >= 0.6 is 0 Å². The van der Waals surface area contributed by atoms with Gasteiger partial charge in [-0.3, -0.25) is 0 Å². The molecule has 1 saturated heterocycles. The third-order valence-electron chi connectivity index (χ3n) is 4.70. The SMILES string of the molecule is C=CC(=O)OCCOc1c2c(c(OCC3CO3)c3ccccc13)CC=CC2. The lowest BCUT2D eigenvalue weighted by atomic mass is 9.90. The van der Waals surface area contributed by atoms with E-state index in [0.717, 1.165) is 58.9 Å². The Morgan fingerprint density at radius 1 is 1.07 bits per heavy atom. The Balaban J connectivity index is 1.66. The number of esters is 1. The highest BCUT2D eigenvalue weighted by atomic mass is 16.6. The van der Waals surface area contributed by atoms with Crippen LogP contribution in [0.2, 0.25) is 0 Å². The standard InChI is InChI=1S/C22H22O5/c1-2-20(23)24-11-12-25-21-16-7-3-5-9-18(16)22(27-14-15-13-26-15)19-10-6-4-8-17(19)21/h2-7,9,15H,1,8,10-14H2. The van der Waals surface area contributed by atoms with E-state index in [-0.39, 0.29) is 19.3 Å². The number of carbonyl (C=O) groups excluding carboxylic acids is 1. The molecule has 1 aliphatic carbocycles. The summed E-state index contributed by atoms with van der Waals surface area (Å²) < 4.78 is 22.6. The minimum Gasteiger partial charge on any atom is -0.490 e. The zero-order valence-corrected chi connectivity index (χ0v) is 15.1. The van der Waals surface area contributed by atoms with E-state index in [0.29, 0.717) is 6.61 Å². The molecule has 2 aromatic carbocycles. The van der Waals surface area contributed by atoms with Gasteiger partial charge in [0.15, 0.2) is 0 Å². The summed E-state index contributed by atoms with van der Waals surface area (Å²) in [6.45, 7) is 5.20. The van der Waals surface area contributed by atoms with Gasteiger partial charge in [0.25, 0.3) is 0 Å². The normalized spacial score (nSPS) is 17.3. The zero-order valence-electron chi connectivity index (χ0n) is 15.1. The van der Waals surface area contributed by atoms with Gasteiger partial charge in [0.1, 0.15) is 37.4 Å². The third-order valence-corrected chi connectivity index (χ3v) is 4.70. The lowest BCUT2D eigenvalue weighted by molar-refractivity contribution is -0.138. The fourth-order valence-corrected chi connectivity index (χ4v) is 3.33. The number of ether oxygens (including phenoxy) is 4. The van der Waals surface area contributed by atoms with Gasteiger partial charge in [0, 0.05) is 28.0 Å². The van der Waals surface area contributed by atoms with Crippen LogP contribution in [0.5, 0.6) is 11.5 Å². The summed E-state index contributed by atoms with van der Waals surface area (Å²) in [6, 6.07) is 8.09. The maximum absolute atomic E-state index is 11.2. The zero-order chi connectivity index (χ0) is 18.6. The molecule has 0 N–H and O–H groups in total. The first kappa shape index (κ1) is 17.6. The molecule has 0 amide bonds. The van der Waals surface area contributed by atoms with Crippen LogP contribution in [-0.2, 0) is 27.1 Å². The Morgan fingerprint density at radius 2 is 1.70 bits per heavy atom. The average molecular weight is 366 g/mol. The van der Waals surface area contributed by atoms with Crippen molar-refractivity contribution in [3.8, 4) is 11.5 Å². The molecule has 2 aromatic rings. The van der Waals surface area contributed by atoms with Crippen molar-refractivity contribution in [2.45, 2.75) is 18.9 Å². The van der Waals surface area contributed by atoms with E-state index in [2.05, 4.69) is 24.8 Å². The summed E-state index contributed by atoms with van der Waals surface area (Å²) in [5.41, 5.74) is 2.30. The van der Waals surface area contributed by atoms with Gasteiger partial charge >= 0.3 is 5.97 Å². The van der Waals surface area contributed by atoms with Gasteiger partial charge in [-0.2, -0.15) is 0 Å². The Labute approximate surface area is 158 Å². The van der Waals surface area contributed by atoms with Crippen LogP contribution in [0.25, 0.3) is 10.8 Å². The van der Waals surface area contributed by atoms with E-state index in [9.17, 15) is 4.79 Å². The van der Waals surface area contributed by atoms with Gasteiger partial charge in [-0.1, -0.05) is 43.0 Å². The van der Waals surface area contributed by atoms with Crippen molar-refractivity contribution in [3.63, 3.8) is 0 Å². The lowest BCUT2D eigenvalue weighted by Gasteiger charge is -2.23. The van der Waals surface area contributed by atoms with Crippen molar-refractivity contribution in [1.82, 2.24) is 0 Å². The number of rotatable bonds is 8. The summed E-state index contributed by atoms with van der Waals surface area (Å²) in [5.74, 6) is 1.32. The molecule has 0 radical (unpaired) electrons. The number of fused-ring (bicyclic) bond motifs is 2. The molecule has 0 bridgehead atoms. The average Bonchev–Trinajstić information content (AvgIpc) is 3.54. The van der Waals surface area contributed by atoms with E-state index in [4.69, 9.17) is 18.9 Å². The number of hydrogen-bond acceptors (Lipinski definition) is 5. The second-order valence-electron chi connectivity index (χ2n) is 6.53. The summed E-state index contributed by atoms with van der Waals surface area (Å²) >= 11 is 0. The molecular weight excluding hydrogens is 344 g/mol. The van der Waals surface area contributed by atoms with Crippen molar-refractivity contribution >= 4 is 16.7 Å². The third kappa shape index (κ3) is 3.83. The lowest BCUT2D eigenvalue weighted by Crippen LogP contribution is -2.14. The van der Waals surface area contributed by atoms with Crippen LogP contribution in [0.1, 0.15) is 11.1 Å². The van der Waals surface area contributed by atoms with Crippen LogP contribution < -0.4 is 9.47 Å². The van der Waals surface area contributed by atoms with Crippen molar-refractivity contribution in [2.75, 3.05) is 26.4 Å². The van der Waals surface area contributed by atoms with Gasteiger partial charge in [-0.25, -0.2) is 4.79 Å². The van der Waals surface area contributed by atoms with E-state index in [1.54, 1.807) is 0 Å². The molecule has 0 aromatic heterocycles. The Kier molecular flexibility index (Phi) is 5.12. The molecule has 1 heterocycles. The van der Waals surface area contributed by atoms with E-state index in [1.807, 2.05) is 18.2 Å². The molecule has 0 spiro atoms. The quantitative estimate of drug-likeness (QED) is 0.236. The molecule has 1 unspecified atom stereocenters. The van der Waals surface area contributed by atoms with Gasteiger partial charge in [0.2, 0.25) is 0 Å². The van der Waals surface area contributed by atoms with Crippen molar-refractivity contribution in [2.24, 2.45) is 0 Å². The smallest absolute Gasteiger partial charge is 0.330 e. The molecular formula is C22H22O5. The molecule has 140 valence electrons. The van der Waals surface area contributed by atoms with Gasteiger partial charge in [0.05, 0.1) is 6.61 Å². The molecule has 5 nitrogen and oxygen atoms in total. The summed E-state index contributed by atoms with van der Waals surface area (Å²) in [5, 5.41) is 2.04. The Morgan fingerprint density at radius 3 is 2.30 bits per heavy atom. The molecule has 4 rings (SSSR count). The fraction of sp³-hybridized carbons (Fsp3) is 0.318. The minimum absolute atomic E-state index is 0.182. The highest BCUT2D eigenvalue weighted by Gasteiger charge is 2.26. The van der Waals surface area contributed by atoms with E-state index in [1.165, 1.54) is 0 Å². The first-order chi connectivity index (χ1) is 13.3. The Bertz CT molecular complexity index is 895. The predicted molar refractivity (Wildman–Crippen MR) is 102 cm³/mol. The van der Waals surface area contributed by atoms with Crippen LogP contribution in [-0.4, -0.2) is 38.5 Å². The maximum atomic E-state index is 11.2. The van der Waals surface area contributed by atoms with Crippen LogP contribution in [0.3, 0.4) is 0 Å². The second-order valence-corrected chi connectivity index (χ2v) is 6.53. The summed E-state index contributed by atoms with van der Waals surface area (Å²) in [7, 11) is 0. The van der Waals surface area contributed by atoms with Crippen molar-refractivity contribution < 1.29 is 23.7 Å². The topological polar surface area (TPSA) is 57.3 Å². The fourth-order valence-electron chi connectivity index (χ4n) is 3.33. The summed E-state index contributed by atoms with van der Waals surface area (Å²) in [4.78, 5) is 11.2. The molecule has 1 aliphatic heterocycles. The highest BCUT2D eigenvalue weighted by molar-refractivity contribution is 5.96. The molecule has 5 heteroatoms. The second kappa shape index (κ2) is 7.84. The van der Waals surface area contributed by atoms with Crippen molar-refractivity contribution in [1.29, 1.82) is 0 Å². The molecule has 2 aliphatic rings. The largest absolute Gasteiger partial charge is 0.490 e. The van der Waals surface area contributed by atoms with Crippen LogP contribution in [0.15, 0.2) is 49.1 Å². The van der Waals surface area contributed by atoms with E-state index >= 15 is 0 Å². The van der Waals surface area contributed by atoms with E-state index < -0.39 is 5.97 Å². The highest BCUT2D eigenvalue weighted by Crippen LogP contribution is 2.43. The Hall–Kier alpha value is -2.79. The number of hydrogen-bond donors (Lipinski definition) is 0. The van der Waals surface area contributed by atoms with Gasteiger partial charge in [-0.15, -0.1) is 0 Å².